The highest BCUT2D eigenvalue weighted by Crippen LogP contribution is 2.27. The van der Waals surface area contributed by atoms with Gasteiger partial charge in [-0.2, -0.15) is 0 Å². The molecule has 1 aliphatic rings. The molecule has 3 rings (SSSR count). The topological polar surface area (TPSA) is 88.7 Å². The van der Waals surface area contributed by atoms with Gasteiger partial charge in [-0.3, -0.25) is 9.59 Å². The Balaban J connectivity index is 1.48. The second-order valence-electron chi connectivity index (χ2n) is 8.16. The lowest BCUT2D eigenvalue weighted by Crippen LogP contribution is -2.36. The van der Waals surface area contributed by atoms with Crippen LogP contribution in [0.3, 0.4) is 0 Å². The number of hydrogen-bond acceptors (Lipinski definition) is 5. The first-order valence-corrected chi connectivity index (χ1v) is 11.1. The first-order chi connectivity index (χ1) is 15.5. The second kappa shape index (κ2) is 11.4. The van der Waals surface area contributed by atoms with E-state index in [1.807, 2.05) is 37.3 Å². The number of aryl methyl sites for hydroxylation is 1. The minimum absolute atomic E-state index is 0.0285. The average molecular weight is 440 g/mol. The van der Waals surface area contributed by atoms with Gasteiger partial charge in [-0.1, -0.05) is 25.3 Å². The van der Waals surface area contributed by atoms with Crippen LogP contribution in [0.5, 0.6) is 11.5 Å². The maximum absolute atomic E-state index is 12.5. The van der Waals surface area contributed by atoms with Crippen LogP contribution in [0.2, 0.25) is 0 Å². The Morgan fingerprint density at radius 1 is 0.969 bits per heavy atom. The smallest absolute Gasteiger partial charge is 0.251 e. The van der Waals surface area contributed by atoms with Gasteiger partial charge in [-0.05, 0) is 61.2 Å². The van der Waals surface area contributed by atoms with Gasteiger partial charge >= 0.3 is 0 Å². The van der Waals surface area contributed by atoms with Gasteiger partial charge in [-0.25, -0.2) is 0 Å². The molecule has 32 heavy (non-hydrogen) atoms. The fraction of sp³-hybridized carbons (Fsp3) is 0.440. The fourth-order valence-corrected chi connectivity index (χ4v) is 3.95. The highest BCUT2D eigenvalue weighted by Gasteiger charge is 2.17. The summed E-state index contributed by atoms with van der Waals surface area (Å²) in [5, 5.41) is 9.18. The predicted octanol–water partition coefficient (Wildman–Crippen LogP) is 3.80. The van der Waals surface area contributed by atoms with E-state index < -0.39 is 0 Å². The molecule has 1 aliphatic carbocycles. The van der Waals surface area contributed by atoms with E-state index in [0.717, 1.165) is 29.7 Å². The molecule has 0 unspecified atom stereocenters. The van der Waals surface area contributed by atoms with Crippen molar-refractivity contribution in [3.05, 3.63) is 53.1 Å². The van der Waals surface area contributed by atoms with Crippen molar-refractivity contribution in [2.45, 2.75) is 51.6 Å². The summed E-state index contributed by atoms with van der Waals surface area (Å²) in [7, 11) is 3.17. The van der Waals surface area contributed by atoms with Crippen LogP contribution in [0, 0.1) is 6.92 Å². The Kier molecular flexibility index (Phi) is 8.36. The van der Waals surface area contributed by atoms with E-state index in [-0.39, 0.29) is 24.4 Å². The molecule has 2 amide bonds. The molecule has 0 spiro atoms. The zero-order valence-corrected chi connectivity index (χ0v) is 19.1. The van der Waals surface area contributed by atoms with E-state index in [0.29, 0.717) is 23.6 Å². The summed E-state index contributed by atoms with van der Waals surface area (Å²) in [4.78, 5) is 24.8. The number of hydrogen-bond donors (Lipinski definition) is 3. The van der Waals surface area contributed by atoms with E-state index in [4.69, 9.17) is 9.47 Å². The summed E-state index contributed by atoms with van der Waals surface area (Å²) in [6, 6.07) is 11.3. The third kappa shape index (κ3) is 6.39. The third-order valence-corrected chi connectivity index (χ3v) is 5.81. The molecular formula is C25H33N3O4. The van der Waals surface area contributed by atoms with Gasteiger partial charge in [0.1, 0.15) is 0 Å². The minimum Gasteiger partial charge on any atom is -0.493 e. The van der Waals surface area contributed by atoms with Crippen molar-refractivity contribution < 1.29 is 19.1 Å². The predicted molar refractivity (Wildman–Crippen MR) is 125 cm³/mol. The quantitative estimate of drug-likeness (QED) is 0.553. The van der Waals surface area contributed by atoms with Crippen LogP contribution < -0.4 is 25.4 Å². The number of benzene rings is 2. The molecule has 0 bridgehead atoms. The van der Waals surface area contributed by atoms with Crippen molar-refractivity contribution in [1.82, 2.24) is 10.6 Å². The van der Waals surface area contributed by atoms with Crippen LogP contribution >= 0.6 is 0 Å². The van der Waals surface area contributed by atoms with E-state index in [2.05, 4.69) is 16.0 Å². The van der Waals surface area contributed by atoms with Gasteiger partial charge in [0, 0.05) is 23.8 Å². The first-order valence-electron chi connectivity index (χ1n) is 11.1. The number of carbonyl (C=O) groups excluding carboxylic acids is 2. The lowest BCUT2D eigenvalue weighted by Gasteiger charge is -2.23. The lowest BCUT2D eigenvalue weighted by atomic mass is 9.95. The molecule has 172 valence electrons. The average Bonchev–Trinajstić information content (AvgIpc) is 2.82. The van der Waals surface area contributed by atoms with Crippen molar-refractivity contribution in [3.8, 4) is 11.5 Å². The van der Waals surface area contributed by atoms with E-state index >= 15 is 0 Å². The summed E-state index contributed by atoms with van der Waals surface area (Å²) in [6.45, 7) is 2.46. The van der Waals surface area contributed by atoms with Gasteiger partial charge < -0.3 is 25.4 Å². The van der Waals surface area contributed by atoms with Crippen molar-refractivity contribution >= 4 is 17.5 Å². The monoisotopic (exact) mass is 439 g/mol. The maximum atomic E-state index is 12.5. The number of carbonyl (C=O) groups is 2. The number of ether oxygens (including phenoxy) is 2. The van der Waals surface area contributed by atoms with Crippen molar-refractivity contribution in [3.63, 3.8) is 0 Å². The Bertz CT molecular complexity index is 939. The van der Waals surface area contributed by atoms with Gasteiger partial charge in [-0.15, -0.1) is 0 Å². The van der Waals surface area contributed by atoms with Crippen LogP contribution in [-0.4, -0.2) is 38.6 Å². The zero-order chi connectivity index (χ0) is 22.9. The molecule has 0 radical (unpaired) electrons. The number of rotatable bonds is 9. The van der Waals surface area contributed by atoms with Crippen LogP contribution in [0.1, 0.15) is 53.6 Å². The Morgan fingerprint density at radius 2 is 1.72 bits per heavy atom. The lowest BCUT2D eigenvalue weighted by molar-refractivity contribution is -0.119. The van der Waals surface area contributed by atoms with Gasteiger partial charge in [0.2, 0.25) is 5.91 Å². The Morgan fingerprint density at radius 3 is 2.41 bits per heavy atom. The molecule has 7 heteroatoms. The molecule has 0 heterocycles. The maximum Gasteiger partial charge on any atom is 0.251 e. The van der Waals surface area contributed by atoms with Crippen LogP contribution in [0.15, 0.2) is 36.4 Å². The van der Waals surface area contributed by atoms with E-state index in [1.54, 1.807) is 20.3 Å². The number of amides is 2. The minimum atomic E-state index is -0.127. The van der Waals surface area contributed by atoms with Gasteiger partial charge in [0.15, 0.2) is 11.5 Å². The molecule has 0 atom stereocenters. The first kappa shape index (κ1) is 23.4. The van der Waals surface area contributed by atoms with Crippen LogP contribution in [-0.2, 0) is 11.3 Å². The third-order valence-electron chi connectivity index (χ3n) is 5.81. The summed E-state index contributed by atoms with van der Waals surface area (Å²) in [5.74, 6) is 1.12. The second-order valence-corrected chi connectivity index (χ2v) is 8.16. The number of anilines is 1. The molecule has 2 aromatic carbocycles. The summed E-state index contributed by atoms with van der Waals surface area (Å²) in [5.41, 5.74) is 3.33. The molecule has 0 aliphatic heterocycles. The molecule has 0 aromatic heterocycles. The Hall–Kier alpha value is -3.22. The van der Waals surface area contributed by atoms with E-state index in [9.17, 15) is 9.59 Å². The van der Waals surface area contributed by atoms with Crippen LogP contribution in [0.4, 0.5) is 5.69 Å². The fourth-order valence-electron chi connectivity index (χ4n) is 3.95. The number of methoxy groups -OCH3 is 2. The highest BCUT2D eigenvalue weighted by atomic mass is 16.5. The van der Waals surface area contributed by atoms with Crippen molar-refractivity contribution in [1.29, 1.82) is 0 Å². The summed E-state index contributed by atoms with van der Waals surface area (Å²) in [6.07, 6.45) is 5.74. The summed E-state index contributed by atoms with van der Waals surface area (Å²) >= 11 is 0. The van der Waals surface area contributed by atoms with Gasteiger partial charge in [0.25, 0.3) is 5.91 Å². The van der Waals surface area contributed by atoms with Crippen molar-refractivity contribution in [2.24, 2.45) is 0 Å². The zero-order valence-electron chi connectivity index (χ0n) is 19.1. The summed E-state index contributed by atoms with van der Waals surface area (Å²) < 4.78 is 10.5. The number of nitrogens with one attached hydrogen (secondary N) is 3. The largest absolute Gasteiger partial charge is 0.493 e. The molecule has 2 aromatic rings. The molecule has 1 fully saturated rings. The normalized spacial score (nSPS) is 13.8. The standard InChI is InChI=1S/C25H33N3O4/c1-17-13-19(25(30)28-20-7-5-4-6-8-20)10-11-21(17)26-16-24(29)27-15-18-9-12-22(31-2)23(14-18)32-3/h9-14,20,26H,4-8,15-16H2,1-3H3,(H,27,29)(H,28,30). The SMILES string of the molecule is COc1ccc(CNC(=O)CNc2ccc(C(=O)NC3CCCCC3)cc2C)cc1OC. The molecule has 7 nitrogen and oxygen atoms in total. The molecule has 1 saturated carbocycles. The molecular weight excluding hydrogens is 406 g/mol. The molecule has 3 N–H and O–H groups in total. The Labute approximate surface area is 189 Å². The molecule has 0 saturated heterocycles. The van der Waals surface area contributed by atoms with E-state index in [1.165, 1.54) is 19.3 Å². The highest BCUT2D eigenvalue weighted by molar-refractivity contribution is 5.95. The van der Waals surface area contributed by atoms with Crippen molar-refractivity contribution in [2.75, 3.05) is 26.1 Å². The van der Waals surface area contributed by atoms with Crippen LogP contribution in [0.25, 0.3) is 0 Å². The van der Waals surface area contributed by atoms with Gasteiger partial charge in [0.05, 0.1) is 20.8 Å².